The van der Waals surface area contributed by atoms with Crippen LogP contribution in [0.4, 0.5) is 13.2 Å². The molecule has 0 N–H and O–H groups in total. The Bertz CT molecular complexity index is 527. The molecule has 1 aromatic carbocycles. The van der Waals surface area contributed by atoms with Crippen LogP contribution in [0, 0.1) is 13.8 Å². The topological polar surface area (TPSA) is 17.8 Å². The molecule has 90 valence electrons. The van der Waals surface area contributed by atoms with Crippen molar-refractivity contribution in [3.05, 3.63) is 47.3 Å². The number of hydrogen-bond acceptors (Lipinski definition) is 1. The standard InChI is InChI=1S/C12H11F3N2/c1-8-11(12(13,14)15)9(2)17(16-8)10-6-4-3-5-7-10/h3-7H,1-2H3. The maximum Gasteiger partial charge on any atom is 0.419 e. The molecule has 1 aromatic heterocycles. The molecule has 0 amide bonds. The molecule has 0 radical (unpaired) electrons. The molecule has 5 heteroatoms. The summed E-state index contributed by atoms with van der Waals surface area (Å²) in [4.78, 5) is 0. The molecule has 0 bridgehead atoms. The number of aromatic nitrogens is 2. The second kappa shape index (κ2) is 3.91. The van der Waals surface area contributed by atoms with Gasteiger partial charge in [-0.3, -0.25) is 0 Å². The number of aryl methyl sites for hydroxylation is 1. The molecule has 0 atom stereocenters. The van der Waals surface area contributed by atoms with Crippen molar-refractivity contribution in [1.82, 2.24) is 9.78 Å². The summed E-state index contributed by atoms with van der Waals surface area (Å²) < 4.78 is 39.7. The minimum absolute atomic E-state index is 0.00106. The van der Waals surface area contributed by atoms with Crippen molar-refractivity contribution < 1.29 is 13.2 Å². The summed E-state index contributed by atoms with van der Waals surface area (Å²) in [6.07, 6.45) is -4.36. The van der Waals surface area contributed by atoms with Crippen molar-refractivity contribution in [3.63, 3.8) is 0 Å². The Labute approximate surface area is 96.7 Å². The van der Waals surface area contributed by atoms with Crippen LogP contribution in [0.25, 0.3) is 5.69 Å². The van der Waals surface area contributed by atoms with Crippen LogP contribution in [0.2, 0.25) is 0 Å². The maximum absolute atomic E-state index is 12.8. The first kappa shape index (κ1) is 11.7. The van der Waals surface area contributed by atoms with E-state index < -0.39 is 11.7 Å². The van der Waals surface area contributed by atoms with Crippen LogP contribution < -0.4 is 0 Å². The van der Waals surface area contributed by atoms with Gasteiger partial charge in [0.1, 0.15) is 0 Å². The van der Waals surface area contributed by atoms with Gasteiger partial charge in [-0.15, -0.1) is 0 Å². The molecule has 0 aliphatic heterocycles. The number of benzene rings is 1. The Morgan fingerprint density at radius 3 is 2.12 bits per heavy atom. The van der Waals surface area contributed by atoms with Crippen molar-refractivity contribution in [1.29, 1.82) is 0 Å². The van der Waals surface area contributed by atoms with Gasteiger partial charge in [-0.1, -0.05) is 18.2 Å². The fourth-order valence-electron chi connectivity index (χ4n) is 1.87. The van der Waals surface area contributed by atoms with Crippen LogP contribution in [-0.2, 0) is 6.18 Å². The van der Waals surface area contributed by atoms with E-state index in [2.05, 4.69) is 5.10 Å². The second-order valence-corrected chi connectivity index (χ2v) is 3.79. The largest absolute Gasteiger partial charge is 0.419 e. The van der Waals surface area contributed by atoms with E-state index >= 15 is 0 Å². The highest BCUT2D eigenvalue weighted by molar-refractivity contribution is 5.37. The SMILES string of the molecule is Cc1nn(-c2ccccc2)c(C)c1C(F)(F)F. The lowest BCUT2D eigenvalue weighted by atomic mass is 10.2. The number of alkyl halides is 3. The summed E-state index contributed by atoms with van der Waals surface area (Å²) in [6.45, 7) is 2.80. The fraction of sp³-hybridized carbons (Fsp3) is 0.250. The molecule has 0 aliphatic rings. The van der Waals surface area contributed by atoms with Gasteiger partial charge in [0, 0.05) is 0 Å². The van der Waals surface area contributed by atoms with Gasteiger partial charge in [-0.25, -0.2) is 4.68 Å². The second-order valence-electron chi connectivity index (χ2n) is 3.79. The third-order valence-corrected chi connectivity index (χ3v) is 2.58. The highest BCUT2D eigenvalue weighted by atomic mass is 19.4. The van der Waals surface area contributed by atoms with Gasteiger partial charge < -0.3 is 0 Å². The third kappa shape index (κ3) is 2.05. The van der Waals surface area contributed by atoms with E-state index in [-0.39, 0.29) is 11.4 Å². The Hall–Kier alpha value is -1.78. The normalized spacial score (nSPS) is 11.8. The van der Waals surface area contributed by atoms with Crippen molar-refractivity contribution in [2.45, 2.75) is 20.0 Å². The minimum Gasteiger partial charge on any atom is -0.237 e. The summed E-state index contributed by atoms with van der Waals surface area (Å²) in [5, 5.41) is 3.94. The van der Waals surface area contributed by atoms with Gasteiger partial charge in [-0.05, 0) is 26.0 Å². The molecule has 0 fully saturated rings. The lowest BCUT2D eigenvalue weighted by Gasteiger charge is -2.07. The number of halogens is 3. The Morgan fingerprint density at radius 1 is 1.06 bits per heavy atom. The molecule has 17 heavy (non-hydrogen) atoms. The maximum atomic E-state index is 12.8. The molecule has 0 aliphatic carbocycles. The molecule has 2 rings (SSSR count). The zero-order valence-corrected chi connectivity index (χ0v) is 9.42. The van der Waals surface area contributed by atoms with E-state index in [0.717, 1.165) is 0 Å². The highest BCUT2D eigenvalue weighted by Crippen LogP contribution is 2.34. The summed E-state index contributed by atoms with van der Waals surface area (Å²) in [7, 11) is 0. The average molecular weight is 240 g/mol. The van der Waals surface area contributed by atoms with Crippen LogP contribution in [0.15, 0.2) is 30.3 Å². The monoisotopic (exact) mass is 240 g/mol. The first-order valence-electron chi connectivity index (χ1n) is 5.10. The number of nitrogens with zero attached hydrogens (tertiary/aromatic N) is 2. The van der Waals surface area contributed by atoms with Gasteiger partial charge in [-0.2, -0.15) is 18.3 Å². The van der Waals surface area contributed by atoms with E-state index in [0.29, 0.717) is 5.69 Å². The Balaban J connectivity index is 2.60. The van der Waals surface area contributed by atoms with E-state index in [9.17, 15) is 13.2 Å². The lowest BCUT2D eigenvalue weighted by molar-refractivity contribution is -0.138. The van der Waals surface area contributed by atoms with Gasteiger partial charge in [0.15, 0.2) is 0 Å². The molecule has 0 spiro atoms. The van der Waals surface area contributed by atoms with Crippen LogP contribution in [0.1, 0.15) is 17.0 Å². The number of rotatable bonds is 1. The van der Waals surface area contributed by atoms with E-state index in [1.807, 2.05) is 0 Å². The zero-order valence-electron chi connectivity index (χ0n) is 9.42. The Morgan fingerprint density at radius 2 is 1.65 bits per heavy atom. The number of hydrogen-bond donors (Lipinski definition) is 0. The van der Waals surface area contributed by atoms with Crippen molar-refractivity contribution >= 4 is 0 Å². The molecule has 2 nitrogen and oxygen atoms in total. The molecular weight excluding hydrogens is 229 g/mol. The summed E-state index contributed by atoms with van der Waals surface area (Å²) >= 11 is 0. The Kier molecular flexibility index (Phi) is 2.69. The van der Waals surface area contributed by atoms with Crippen molar-refractivity contribution in [2.24, 2.45) is 0 Å². The smallest absolute Gasteiger partial charge is 0.237 e. The van der Waals surface area contributed by atoms with Gasteiger partial charge >= 0.3 is 6.18 Å². The lowest BCUT2D eigenvalue weighted by Crippen LogP contribution is -2.08. The zero-order chi connectivity index (χ0) is 12.6. The highest BCUT2D eigenvalue weighted by Gasteiger charge is 2.37. The van der Waals surface area contributed by atoms with Gasteiger partial charge in [0.05, 0.1) is 22.6 Å². The predicted octanol–water partition coefficient (Wildman–Crippen LogP) is 3.51. The average Bonchev–Trinajstić information content (AvgIpc) is 2.54. The van der Waals surface area contributed by atoms with Crippen LogP contribution in [-0.4, -0.2) is 9.78 Å². The number of para-hydroxylation sites is 1. The predicted molar refractivity (Wildman–Crippen MR) is 58.0 cm³/mol. The van der Waals surface area contributed by atoms with E-state index in [1.54, 1.807) is 30.3 Å². The van der Waals surface area contributed by atoms with Crippen molar-refractivity contribution in [3.8, 4) is 5.69 Å². The molecule has 2 aromatic rings. The van der Waals surface area contributed by atoms with Gasteiger partial charge in [0.2, 0.25) is 0 Å². The minimum atomic E-state index is -4.36. The first-order chi connectivity index (χ1) is 7.91. The summed E-state index contributed by atoms with van der Waals surface area (Å²) in [6, 6.07) is 8.77. The van der Waals surface area contributed by atoms with E-state index in [1.165, 1.54) is 18.5 Å². The molecule has 0 unspecified atom stereocenters. The summed E-state index contributed by atoms with van der Waals surface area (Å²) in [5.74, 6) is 0. The van der Waals surface area contributed by atoms with Crippen LogP contribution >= 0.6 is 0 Å². The van der Waals surface area contributed by atoms with Gasteiger partial charge in [0.25, 0.3) is 0 Å². The summed E-state index contributed by atoms with van der Waals surface area (Å²) in [5.41, 5.74) is 0.0880. The fourth-order valence-corrected chi connectivity index (χ4v) is 1.87. The molecule has 0 saturated carbocycles. The van der Waals surface area contributed by atoms with Crippen molar-refractivity contribution in [2.75, 3.05) is 0 Å². The first-order valence-corrected chi connectivity index (χ1v) is 5.10. The molecular formula is C12H11F3N2. The molecule has 1 heterocycles. The van der Waals surface area contributed by atoms with E-state index in [4.69, 9.17) is 0 Å². The molecule has 0 saturated heterocycles. The van der Waals surface area contributed by atoms with Crippen LogP contribution in [0.5, 0.6) is 0 Å². The quantitative estimate of drug-likeness (QED) is 0.745. The van der Waals surface area contributed by atoms with Crippen LogP contribution in [0.3, 0.4) is 0 Å². The third-order valence-electron chi connectivity index (χ3n) is 2.58.